The van der Waals surface area contributed by atoms with Gasteiger partial charge in [-0.15, -0.1) is 0 Å². The van der Waals surface area contributed by atoms with E-state index >= 15 is 4.39 Å². The van der Waals surface area contributed by atoms with Gasteiger partial charge in [-0.25, -0.2) is 9.18 Å². The average molecular weight is 392 g/mol. The Morgan fingerprint density at radius 3 is 2.64 bits per heavy atom. The standard InChI is InChI=1S/C22H29FO5/c1-20-11-16(25)19-14(15(20)5-4-12(20)8-18(26)28-3)9-17(23)22(27)10-13(24)6-7-21(19,22)2/h8,14-15,17,19,27H,4-7,9-11H2,1-3H3/b12-8+/t14-,15-,17+,19+,20+,21+,22+/m0/s1. The smallest absolute Gasteiger partial charge is 0.330 e. The molecule has 0 amide bonds. The number of carbonyl (C=O) groups is 3. The maximum Gasteiger partial charge on any atom is 0.330 e. The molecule has 0 spiro atoms. The second kappa shape index (κ2) is 6.22. The molecule has 28 heavy (non-hydrogen) atoms. The first-order valence-corrected chi connectivity index (χ1v) is 10.3. The van der Waals surface area contributed by atoms with Gasteiger partial charge in [0.05, 0.1) is 7.11 Å². The van der Waals surface area contributed by atoms with Crippen LogP contribution in [0.3, 0.4) is 0 Å². The molecule has 0 aromatic carbocycles. The van der Waals surface area contributed by atoms with Crippen LogP contribution in [0.25, 0.3) is 0 Å². The van der Waals surface area contributed by atoms with Crippen molar-refractivity contribution < 1.29 is 28.6 Å². The number of aliphatic hydroxyl groups is 1. The normalized spacial score (nSPS) is 49.4. The van der Waals surface area contributed by atoms with E-state index in [1.54, 1.807) is 0 Å². The Bertz CT molecular complexity index is 775. The zero-order valence-corrected chi connectivity index (χ0v) is 16.8. The number of fused-ring (bicyclic) bond motifs is 5. The van der Waals surface area contributed by atoms with E-state index in [0.29, 0.717) is 12.8 Å². The van der Waals surface area contributed by atoms with Gasteiger partial charge in [0.1, 0.15) is 23.3 Å². The molecule has 4 fully saturated rings. The highest BCUT2D eigenvalue weighted by atomic mass is 19.1. The number of hydrogen-bond acceptors (Lipinski definition) is 5. The van der Waals surface area contributed by atoms with Crippen molar-refractivity contribution in [1.82, 2.24) is 0 Å². The molecular weight excluding hydrogens is 363 g/mol. The maximum absolute atomic E-state index is 15.4. The van der Waals surface area contributed by atoms with Crippen molar-refractivity contribution in [2.24, 2.45) is 28.6 Å². The molecule has 1 N–H and O–H groups in total. The summed E-state index contributed by atoms with van der Waals surface area (Å²) < 4.78 is 20.1. The summed E-state index contributed by atoms with van der Waals surface area (Å²) >= 11 is 0. The molecule has 0 heterocycles. The Morgan fingerprint density at radius 2 is 1.96 bits per heavy atom. The van der Waals surface area contributed by atoms with Crippen LogP contribution in [-0.2, 0) is 19.1 Å². The van der Waals surface area contributed by atoms with Crippen LogP contribution in [0.15, 0.2) is 11.6 Å². The lowest BCUT2D eigenvalue weighted by atomic mass is 9.43. The van der Waals surface area contributed by atoms with E-state index in [0.717, 1.165) is 12.0 Å². The minimum absolute atomic E-state index is 0.0311. The van der Waals surface area contributed by atoms with Crippen LogP contribution in [0, 0.1) is 28.6 Å². The number of methoxy groups -OCH3 is 1. The minimum Gasteiger partial charge on any atom is -0.466 e. The molecule has 4 aliphatic rings. The van der Waals surface area contributed by atoms with Crippen LogP contribution < -0.4 is 0 Å². The topological polar surface area (TPSA) is 80.7 Å². The Morgan fingerprint density at radius 1 is 1.25 bits per heavy atom. The number of ether oxygens (including phenoxy) is 1. The summed E-state index contributed by atoms with van der Waals surface area (Å²) in [5, 5.41) is 11.2. The number of rotatable bonds is 1. The molecule has 0 aromatic rings. The monoisotopic (exact) mass is 392 g/mol. The molecule has 0 saturated heterocycles. The fourth-order valence-corrected chi connectivity index (χ4v) is 7.13. The highest BCUT2D eigenvalue weighted by Crippen LogP contribution is 2.67. The Balaban J connectivity index is 1.75. The van der Waals surface area contributed by atoms with Crippen LogP contribution in [0.4, 0.5) is 4.39 Å². The summed E-state index contributed by atoms with van der Waals surface area (Å²) in [6.45, 7) is 3.82. The van der Waals surface area contributed by atoms with Crippen LogP contribution in [0.2, 0.25) is 0 Å². The number of alkyl halides is 1. The molecule has 0 unspecified atom stereocenters. The van der Waals surface area contributed by atoms with Gasteiger partial charge >= 0.3 is 5.97 Å². The van der Waals surface area contributed by atoms with Gasteiger partial charge in [-0.3, -0.25) is 9.59 Å². The van der Waals surface area contributed by atoms with E-state index in [-0.39, 0.29) is 49.1 Å². The van der Waals surface area contributed by atoms with Crippen molar-refractivity contribution in [3.63, 3.8) is 0 Å². The molecule has 4 saturated carbocycles. The van der Waals surface area contributed by atoms with Gasteiger partial charge in [0.25, 0.3) is 0 Å². The SMILES string of the molecule is COC(=O)/C=C1\CC[C@H]2[C@@H]3C[C@@H](F)[C@]4(O)CC(=O)CC[C@]4(C)[C@H]3C(=O)C[C@]12C. The van der Waals surface area contributed by atoms with E-state index in [4.69, 9.17) is 4.74 Å². The molecule has 154 valence electrons. The number of halogens is 1. The van der Waals surface area contributed by atoms with Crippen LogP contribution >= 0.6 is 0 Å². The Kier molecular flexibility index (Phi) is 4.38. The summed E-state index contributed by atoms with van der Waals surface area (Å²) in [6, 6.07) is 0. The molecule has 0 bridgehead atoms. The fraction of sp³-hybridized carbons (Fsp3) is 0.773. The number of allylic oxidation sites excluding steroid dienone is 1. The molecule has 4 aliphatic carbocycles. The van der Waals surface area contributed by atoms with Crippen molar-refractivity contribution >= 4 is 17.5 Å². The number of carbonyl (C=O) groups excluding carboxylic acids is 3. The molecular formula is C22H29FO5. The van der Waals surface area contributed by atoms with Crippen molar-refractivity contribution in [2.45, 2.75) is 70.6 Å². The van der Waals surface area contributed by atoms with E-state index in [1.165, 1.54) is 13.2 Å². The lowest BCUT2D eigenvalue weighted by Gasteiger charge is -2.62. The number of esters is 1. The third kappa shape index (κ3) is 2.42. The third-order valence-corrected chi connectivity index (χ3v) is 8.67. The van der Waals surface area contributed by atoms with Gasteiger partial charge in [-0.1, -0.05) is 19.4 Å². The molecule has 0 aromatic heterocycles. The second-order valence-corrected chi connectivity index (χ2v) is 9.80. The first-order chi connectivity index (χ1) is 13.1. The lowest BCUT2D eigenvalue weighted by Crippen LogP contribution is -2.69. The van der Waals surface area contributed by atoms with Crippen LogP contribution in [0.1, 0.15) is 58.8 Å². The van der Waals surface area contributed by atoms with Gasteiger partial charge < -0.3 is 9.84 Å². The highest BCUT2D eigenvalue weighted by Gasteiger charge is 2.69. The average Bonchev–Trinajstić information content (AvgIpc) is 2.93. The maximum atomic E-state index is 15.4. The number of hydrogen-bond donors (Lipinski definition) is 1. The summed E-state index contributed by atoms with van der Waals surface area (Å²) in [5.41, 5.74) is -2.23. The molecule has 7 atom stereocenters. The molecule has 0 aliphatic heterocycles. The number of Topliss-reactive ketones (excluding diaryl/α,β-unsaturated/α-hetero) is 2. The van der Waals surface area contributed by atoms with Gasteiger partial charge in [0.2, 0.25) is 0 Å². The minimum atomic E-state index is -1.75. The molecule has 4 rings (SSSR count). The summed E-state index contributed by atoms with van der Waals surface area (Å²) in [6.07, 6.45) is 2.31. The van der Waals surface area contributed by atoms with Gasteiger partial charge in [-0.05, 0) is 42.9 Å². The van der Waals surface area contributed by atoms with Gasteiger partial charge in [-0.2, -0.15) is 0 Å². The lowest BCUT2D eigenvalue weighted by molar-refractivity contribution is -0.225. The van der Waals surface area contributed by atoms with E-state index in [1.807, 2.05) is 13.8 Å². The zero-order chi connectivity index (χ0) is 20.5. The van der Waals surface area contributed by atoms with Crippen LogP contribution in [0.5, 0.6) is 0 Å². The van der Waals surface area contributed by atoms with Crippen molar-refractivity contribution in [2.75, 3.05) is 7.11 Å². The zero-order valence-electron chi connectivity index (χ0n) is 16.8. The summed E-state index contributed by atoms with van der Waals surface area (Å²) in [5.74, 6) is -1.05. The van der Waals surface area contributed by atoms with Crippen molar-refractivity contribution in [3.8, 4) is 0 Å². The Labute approximate surface area is 164 Å². The fourth-order valence-electron chi connectivity index (χ4n) is 7.13. The predicted molar refractivity (Wildman–Crippen MR) is 99.0 cm³/mol. The predicted octanol–water partition coefficient (Wildman–Crippen LogP) is 2.94. The summed E-state index contributed by atoms with van der Waals surface area (Å²) in [7, 11) is 1.33. The first kappa shape index (κ1) is 19.7. The Hall–Kier alpha value is -1.56. The van der Waals surface area contributed by atoms with Gasteiger partial charge in [0.15, 0.2) is 0 Å². The molecule has 6 heteroatoms. The van der Waals surface area contributed by atoms with E-state index in [2.05, 4.69) is 0 Å². The number of ketones is 2. The third-order valence-electron chi connectivity index (χ3n) is 8.67. The van der Waals surface area contributed by atoms with Crippen LogP contribution in [-0.4, -0.2) is 41.5 Å². The van der Waals surface area contributed by atoms with Crippen molar-refractivity contribution in [1.29, 1.82) is 0 Å². The highest BCUT2D eigenvalue weighted by molar-refractivity contribution is 5.88. The second-order valence-electron chi connectivity index (χ2n) is 9.80. The largest absolute Gasteiger partial charge is 0.466 e. The van der Waals surface area contributed by atoms with Crippen molar-refractivity contribution in [3.05, 3.63) is 11.6 Å². The molecule has 0 radical (unpaired) electrons. The summed E-state index contributed by atoms with van der Waals surface area (Å²) in [4.78, 5) is 37.2. The van der Waals surface area contributed by atoms with E-state index in [9.17, 15) is 19.5 Å². The van der Waals surface area contributed by atoms with Gasteiger partial charge in [0, 0.05) is 36.7 Å². The first-order valence-electron chi connectivity index (χ1n) is 10.3. The molecule has 5 nitrogen and oxygen atoms in total. The quantitative estimate of drug-likeness (QED) is 0.548. The van der Waals surface area contributed by atoms with E-state index < -0.39 is 34.5 Å².